The van der Waals surface area contributed by atoms with Crippen molar-refractivity contribution in [2.24, 2.45) is 4.40 Å². The number of hydrogen-bond donors (Lipinski definition) is 1. The van der Waals surface area contributed by atoms with Crippen LogP contribution in [0, 0.1) is 0 Å². The zero-order valence-corrected chi connectivity index (χ0v) is 17.9. The maximum Gasteiger partial charge on any atom is 0.114 e. The molecule has 1 N–H and O–H groups in total. The number of allylic oxidation sites excluding steroid dienone is 1. The Balaban J connectivity index is 2.30. The largest absolute Gasteiger partial charge is 0.497 e. The van der Waals surface area contributed by atoms with Crippen LogP contribution in [-0.4, -0.2) is 50.3 Å². The van der Waals surface area contributed by atoms with E-state index in [1.807, 2.05) is 25.3 Å². The van der Waals surface area contributed by atoms with E-state index < -0.39 is 0 Å². The second-order valence-electron chi connectivity index (χ2n) is 6.77. The second-order valence-corrected chi connectivity index (χ2v) is 8.52. The highest BCUT2D eigenvalue weighted by Gasteiger charge is 2.35. The van der Waals surface area contributed by atoms with Crippen molar-refractivity contribution in [3.8, 4) is 0 Å². The molecule has 144 valence electrons. The van der Waals surface area contributed by atoms with Crippen molar-refractivity contribution in [3.63, 3.8) is 0 Å². The molecule has 0 saturated carbocycles. The maximum absolute atomic E-state index is 5.44. The summed E-state index contributed by atoms with van der Waals surface area (Å²) in [4.78, 5) is 1.96. The predicted octanol–water partition coefficient (Wildman–Crippen LogP) is 4.69. The van der Waals surface area contributed by atoms with Crippen LogP contribution in [0.3, 0.4) is 0 Å². The molecule has 1 heterocycles. The molecule has 0 bridgehead atoms. The first kappa shape index (κ1) is 21.1. The topological polar surface area (TPSA) is 36.9 Å². The van der Waals surface area contributed by atoms with E-state index in [0.29, 0.717) is 12.0 Å². The van der Waals surface area contributed by atoms with Crippen LogP contribution in [0.15, 0.2) is 45.2 Å². The number of rotatable bonds is 10. The van der Waals surface area contributed by atoms with Crippen LogP contribution in [0.5, 0.6) is 0 Å². The van der Waals surface area contributed by atoms with Crippen molar-refractivity contribution in [1.29, 1.82) is 0 Å². The lowest BCUT2D eigenvalue weighted by atomic mass is 9.80. The first-order chi connectivity index (χ1) is 12.6. The summed E-state index contributed by atoms with van der Waals surface area (Å²) in [7, 11) is 5.68. The number of thiophene rings is 1. The summed E-state index contributed by atoms with van der Waals surface area (Å²) in [5, 5.41) is 8.47. The Morgan fingerprint density at radius 2 is 2.35 bits per heavy atom. The minimum atomic E-state index is 0.246. The lowest BCUT2D eigenvalue weighted by Crippen LogP contribution is -2.42. The molecule has 0 fully saturated rings. The summed E-state index contributed by atoms with van der Waals surface area (Å²) in [5.74, 6) is 1.15. The molecule has 1 aromatic rings. The van der Waals surface area contributed by atoms with Crippen LogP contribution in [-0.2, 0) is 4.74 Å². The van der Waals surface area contributed by atoms with Gasteiger partial charge in [0.15, 0.2) is 0 Å². The summed E-state index contributed by atoms with van der Waals surface area (Å²) >= 11 is 3.39. The van der Waals surface area contributed by atoms with Crippen molar-refractivity contribution in [2.75, 3.05) is 27.7 Å². The minimum Gasteiger partial charge on any atom is -0.497 e. The van der Waals surface area contributed by atoms with Gasteiger partial charge < -0.3 is 15.0 Å². The van der Waals surface area contributed by atoms with Gasteiger partial charge in [-0.05, 0) is 59.3 Å². The number of nitrogens with one attached hydrogen (secondary N) is 1. The Hall–Kier alpha value is -1.24. The molecule has 0 saturated heterocycles. The highest BCUT2D eigenvalue weighted by molar-refractivity contribution is 7.98. The van der Waals surface area contributed by atoms with E-state index in [4.69, 9.17) is 4.74 Å². The molecule has 26 heavy (non-hydrogen) atoms. The number of nitrogens with zero attached hydrogens (tertiary/aromatic N) is 2. The molecule has 2 rings (SSSR count). The number of ether oxygens (including phenoxy) is 1. The van der Waals surface area contributed by atoms with Crippen LogP contribution in [0.1, 0.15) is 37.7 Å². The van der Waals surface area contributed by atoms with E-state index in [0.717, 1.165) is 18.7 Å². The molecule has 0 aromatic carbocycles. The van der Waals surface area contributed by atoms with E-state index in [9.17, 15) is 0 Å². The SMILES string of the molecule is C=C(OC)C1=CC(SN=CN(C)C)C(c2ccsc2)C(NCCCC)C1. The molecule has 0 spiro atoms. The van der Waals surface area contributed by atoms with Gasteiger partial charge in [0.25, 0.3) is 0 Å². The van der Waals surface area contributed by atoms with Crippen molar-refractivity contribution in [2.45, 2.75) is 43.4 Å². The van der Waals surface area contributed by atoms with Crippen molar-refractivity contribution < 1.29 is 4.74 Å². The molecule has 3 atom stereocenters. The normalized spacial score (nSPS) is 23.1. The Morgan fingerprint density at radius 3 is 2.96 bits per heavy atom. The van der Waals surface area contributed by atoms with Gasteiger partial charge in [-0.2, -0.15) is 11.3 Å². The Kier molecular flexibility index (Phi) is 8.75. The number of hydrogen-bond acceptors (Lipinski definition) is 5. The predicted molar refractivity (Wildman–Crippen MR) is 116 cm³/mol. The van der Waals surface area contributed by atoms with Gasteiger partial charge in [0, 0.05) is 26.1 Å². The molecule has 4 nitrogen and oxygen atoms in total. The highest BCUT2D eigenvalue weighted by Crippen LogP contribution is 2.41. The van der Waals surface area contributed by atoms with Crippen molar-refractivity contribution >= 4 is 29.6 Å². The third kappa shape index (κ3) is 5.89. The van der Waals surface area contributed by atoms with Gasteiger partial charge in [0.2, 0.25) is 0 Å². The van der Waals surface area contributed by atoms with Crippen LogP contribution in [0.25, 0.3) is 0 Å². The third-order valence-electron chi connectivity index (χ3n) is 4.52. The van der Waals surface area contributed by atoms with Crippen LogP contribution in [0.4, 0.5) is 0 Å². The van der Waals surface area contributed by atoms with E-state index in [1.54, 1.807) is 30.4 Å². The van der Waals surface area contributed by atoms with Crippen molar-refractivity contribution in [3.05, 3.63) is 46.4 Å². The molecular formula is C20H31N3OS2. The van der Waals surface area contributed by atoms with Gasteiger partial charge in [0.1, 0.15) is 5.76 Å². The summed E-state index contributed by atoms with van der Waals surface area (Å²) < 4.78 is 10.0. The lowest BCUT2D eigenvalue weighted by Gasteiger charge is -2.37. The second kappa shape index (κ2) is 10.8. The Morgan fingerprint density at radius 1 is 1.54 bits per heavy atom. The fourth-order valence-electron chi connectivity index (χ4n) is 3.14. The summed E-state index contributed by atoms with van der Waals surface area (Å²) in [6.45, 7) is 7.35. The molecule has 6 heteroatoms. The highest BCUT2D eigenvalue weighted by atomic mass is 32.2. The van der Waals surface area contributed by atoms with Gasteiger partial charge in [-0.1, -0.05) is 26.0 Å². The molecule has 0 amide bonds. The molecule has 1 aliphatic rings. The zero-order chi connectivity index (χ0) is 18.9. The monoisotopic (exact) mass is 393 g/mol. The first-order valence-electron chi connectivity index (χ1n) is 9.12. The van der Waals surface area contributed by atoms with Gasteiger partial charge in [-0.15, -0.1) is 0 Å². The fourth-order valence-corrected chi connectivity index (χ4v) is 4.93. The molecule has 0 radical (unpaired) electrons. The smallest absolute Gasteiger partial charge is 0.114 e. The maximum atomic E-state index is 5.44. The van der Waals surface area contributed by atoms with Gasteiger partial charge >= 0.3 is 0 Å². The third-order valence-corrected chi connectivity index (χ3v) is 6.11. The zero-order valence-electron chi connectivity index (χ0n) is 16.3. The Bertz CT molecular complexity index is 611. The van der Waals surface area contributed by atoms with Gasteiger partial charge in [-0.25, -0.2) is 4.40 Å². The average Bonchev–Trinajstić information content (AvgIpc) is 3.14. The number of unbranched alkanes of at least 4 members (excludes halogenated alkanes) is 1. The molecular weight excluding hydrogens is 362 g/mol. The van der Waals surface area contributed by atoms with E-state index in [-0.39, 0.29) is 5.25 Å². The fraction of sp³-hybridized carbons (Fsp3) is 0.550. The van der Waals surface area contributed by atoms with Crippen LogP contribution < -0.4 is 5.32 Å². The van der Waals surface area contributed by atoms with Crippen molar-refractivity contribution in [1.82, 2.24) is 10.2 Å². The van der Waals surface area contributed by atoms with E-state index >= 15 is 0 Å². The van der Waals surface area contributed by atoms with Gasteiger partial charge in [-0.3, -0.25) is 0 Å². The quantitative estimate of drug-likeness (QED) is 0.206. The van der Waals surface area contributed by atoms with E-state index in [2.05, 4.69) is 46.1 Å². The molecule has 0 aliphatic heterocycles. The Labute approximate surface area is 166 Å². The van der Waals surface area contributed by atoms with E-state index in [1.165, 1.54) is 24.0 Å². The standard InChI is InChI=1S/C20H31N3OS2/c1-6-7-9-21-18-11-17(15(2)24-5)12-19(26-22-14-23(3)4)20(18)16-8-10-25-13-16/h8,10,12-14,18-21H,2,6-7,9,11H2,1,3-5H3. The minimum absolute atomic E-state index is 0.246. The molecule has 1 aromatic heterocycles. The number of methoxy groups -OCH3 is 1. The van der Waals surface area contributed by atoms with Crippen LogP contribution in [0.2, 0.25) is 0 Å². The molecule has 3 unspecified atom stereocenters. The average molecular weight is 394 g/mol. The summed E-state index contributed by atoms with van der Waals surface area (Å²) in [6, 6.07) is 2.60. The lowest BCUT2D eigenvalue weighted by molar-refractivity contribution is 0.292. The molecule has 1 aliphatic carbocycles. The summed E-state index contributed by atoms with van der Waals surface area (Å²) in [5.41, 5.74) is 2.57. The van der Waals surface area contributed by atoms with Crippen LogP contribution >= 0.6 is 23.3 Å². The first-order valence-corrected chi connectivity index (χ1v) is 10.9. The van der Waals surface area contributed by atoms with Gasteiger partial charge in [0.05, 0.1) is 18.7 Å². The summed E-state index contributed by atoms with van der Waals surface area (Å²) in [6.07, 6.45) is 7.48.